The summed E-state index contributed by atoms with van der Waals surface area (Å²) >= 11 is 0. The van der Waals surface area contributed by atoms with Crippen molar-refractivity contribution in [2.75, 3.05) is 31.1 Å². The second-order valence-electron chi connectivity index (χ2n) is 5.46. The van der Waals surface area contributed by atoms with Crippen LogP contribution < -0.4 is 10.6 Å². The summed E-state index contributed by atoms with van der Waals surface area (Å²) in [4.78, 5) is 5.00. The zero-order valence-corrected chi connectivity index (χ0v) is 11.8. The summed E-state index contributed by atoms with van der Waals surface area (Å²) in [5, 5.41) is 0. The molecule has 2 N–H and O–H groups in total. The van der Waals surface area contributed by atoms with Crippen molar-refractivity contribution in [2.45, 2.75) is 32.9 Å². The van der Waals surface area contributed by atoms with Crippen LogP contribution in [-0.4, -0.2) is 37.1 Å². The van der Waals surface area contributed by atoms with Gasteiger partial charge in [0.2, 0.25) is 0 Å². The molecule has 1 aliphatic rings. The summed E-state index contributed by atoms with van der Waals surface area (Å²) in [7, 11) is 0. The van der Waals surface area contributed by atoms with Gasteiger partial charge in [0, 0.05) is 44.0 Å². The SMILES string of the molecule is CC(N)c1ccccc1N1CCN(C(C)C)CC1. The maximum Gasteiger partial charge on any atom is 0.0415 e. The zero-order chi connectivity index (χ0) is 13.1. The number of hydrogen-bond donors (Lipinski definition) is 1. The number of nitrogens with two attached hydrogens (primary N) is 1. The van der Waals surface area contributed by atoms with Crippen LogP contribution in [0.1, 0.15) is 32.4 Å². The molecule has 1 aliphatic heterocycles. The van der Waals surface area contributed by atoms with Crippen LogP contribution in [-0.2, 0) is 0 Å². The Bertz CT molecular complexity index is 379. The lowest BCUT2D eigenvalue weighted by molar-refractivity contribution is 0.209. The van der Waals surface area contributed by atoms with E-state index >= 15 is 0 Å². The molecule has 0 radical (unpaired) electrons. The molecule has 0 amide bonds. The van der Waals surface area contributed by atoms with E-state index in [-0.39, 0.29) is 6.04 Å². The van der Waals surface area contributed by atoms with E-state index in [2.05, 4.69) is 54.8 Å². The summed E-state index contributed by atoms with van der Waals surface area (Å²) in [6, 6.07) is 9.28. The summed E-state index contributed by atoms with van der Waals surface area (Å²) in [5.74, 6) is 0. The summed E-state index contributed by atoms with van der Waals surface area (Å²) in [6.07, 6.45) is 0. The molecule has 2 rings (SSSR count). The first-order valence-electron chi connectivity index (χ1n) is 6.93. The van der Waals surface area contributed by atoms with Crippen molar-refractivity contribution >= 4 is 5.69 Å². The van der Waals surface area contributed by atoms with Gasteiger partial charge < -0.3 is 10.6 Å². The molecule has 0 aliphatic carbocycles. The fourth-order valence-corrected chi connectivity index (χ4v) is 2.64. The van der Waals surface area contributed by atoms with Crippen LogP contribution in [0.25, 0.3) is 0 Å². The lowest BCUT2D eigenvalue weighted by Crippen LogP contribution is -2.49. The van der Waals surface area contributed by atoms with Crippen molar-refractivity contribution in [1.29, 1.82) is 0 Å². The normalized spacial score (nSPS) is 19.3. The van der Waals surface area contributed by atoms with E-state index < -0.39 is 0 Å². The molecule has 1 fully saturated rings. The fourth-order valence-electron chi connectivity index (χ4n) is 2.64. The number of nitrogens with zero attached hydrogens (tertiary/aromatic N) is 2. The highest BCUT2D eigenvalue weighted by Crippen LogP contribution is 2.26. The maximum atomic E-state index is 6.06. The van der Waals surface area contributed by atoms with Gasteiger partial charge in [-0.15, -0.1) is 0 Å². The van der Waals surface area contributed by atoms with E-state index in [4.69, 9.17) is 5.73 Å². The second kappa shape index (κ2) is 5.72. The van der Waals surface area contributed by atoms with Crippen LogP contribution in [0.5, 0.6) is 0 Å². The molecule has 3 heteroatoms. The highest BCUT2D eigenvalue weighted by Gasteiger charge is 2.20. The third-order valence-electron chi connectivity index (χ3n) is 3.81. The third-order valence-corrected chi connectivity index (χ3v) is 3.81. The van der Waals surface area contributed by atoms with Gasteiger partial charge in [-0.2, -0.15) is 0 Å². The second-order valence-corrected chi connectivity index (χ2v) is 5.46. The van der Waals surface area contributed by atoms with Crippen LogP contribution in [0.15, 0.2) is 24.3 Å². The number of para-hydroxylation sites is 1. The molecule has 3 nitrogen and oxygen atoms in total. The van der Waals surface area contributed by atoms with Crippen molar-refractivity contribution in [3.63, 3.8) is 0 Å². The van der Waals surface area contributed by atoms with Crippen LogP contribution in [0.2, 0.25) is 0 Å². The topological polar surface area (TPSA) is 32.5 Å². The minimum Gasteiger partial charge on any atom is -0.369 e. The fraction of sp³-hybridized carbons (Fsp3) is 0.600. The van der Waals surface area contributed by atoms with Crippen molar-refractivity contribution < 1.29 is 0 Å². The molecule has 1 heterocycles. The van der Waals surface area contributed by atoms with Crippen molar-refractivity contribution in [1.82, 2.24) is 4.90 Å². The van der Waals surface area contributed by atoms with E-state index in [9.17, 15) is 0 Å². The molecule has 1 atom stereocenters. The summed E-state index contributed by atoms with van der Waals surface area (Å²) < 4.78 is 0. The van der Waals surface area contributed by atoms with E-state index in [0.29, 0.717) is 6.04 Å². The van der Waals surface area contributed by atoms with Gasteiger partial charge in [0.25, 0.3) is 0 Å². The minimum atomic E-state index is 0.101. The Morgan fingerprint density at radius 1 is 1.00 bits per heavy atom. The van der Waals surface area contributed by atoms with Crippen LogP contribution >= 0.6 is 0 Å². The monoisotopic (exact) mass is 247 g/mol. The van der Waals surface area contributed by atoms with Gasteiger partial charge in [-0.1, -0.05) is 18.2 Å². The molecule has 1 saturated heterocycles. The third kappa shape index (κ3) is 2.85. The first-order valence-corrected chi connectivity index (χ1v) is 6.93. The Labute approximate surface area is 111 Å². The van der Waals surface area contributed by atoms with Gasteiger partial charge in [-0.3, -0.25) is 4.90 Å². The quantitative estimate of drug-likeness (QED) is 0.889. The zero-order valence-electron chi connectivity index (χ0n) is 11.8. The summed E-state index contributed by atoms with van der Waals surface area (Å²) in [5.41, 5.74) is 8.64. The Morgan fingerprint density at radius 3 is 2.17 bits per heavy atom. The molecule has 18 heavy (non-hydrogen) atoms. The number of anilines is 1. The molecule has 0 aromatic heterocycles. The molecule has 0 spiro atoms. The van der Waals surface area contributed by atoms with Gasteiger partial charge in [0.05, 0.1) is 0 Å². The standard InChI is InChI=1S/C15H25N3/c1-12(2)17-8-10-18(11-9-17)15-7-5-4-6-14(15)13(3)16/h4-7,12-13H,8-11,16H2,1-3H3. The average Bonchev–Trinajstić information content (AvgIpc) is 2.39. The molecule has 1 aromatic carbocycles. The van der Waals surface area contributed by atoms with E-state index in [0.717, 1.165) is 26.2 Å². The number of rotatable bonds is 3. The Balaban J connectivity index is 2.10. The Morgan fingerprint density at radius 2 is 1.61 bits per heavy atom. The first-order chi connectivity index (χ1) is 8.59. The largest absolute Gasteiger partial charge is 0.369 e. The van der Waals surface area contributed by atoms with Crippen LogP contribution in [0.3, 0.4) is 0 Å². The lowest BCUT2D eigenvalue weighted by atomic mass is 10.1. The lowest BCUT2D eigenvalue weighted by Gasteiger charge is -2.39. The van der Waals surface area contributed by atoms with Gasteiger partial charge in [0.1, 0.15) is 0 Å². The van der Waals surface area contributed by atoms with Crippen molar-refractivity contribution in [3.8, 4) is 0 Å². The van der Waals surface area contributed by atoms with Gasteiger partial charge in [-0.05, 0) is 32.4 Å². The molecule has 0 bridgehead atoms. The molecule has 1 aromatic rings. The minimum absolute atomic E-state index is 0.101. The summed E-state index contributed by atoms with van der Waals surface area (Å²) in [6.45, 7) is 11.1. The molecule has 1 unspecified atom stereocenters. The highest BCUT2D eigenvalue weighted by molar-refractivity contribution is 5.55. The highest BCUT2D eigenvalue weighted by atomic mass is 15.3. The van der Waals surface area contributed by atoms with Crippen molar-refractivity contribution in [2.24, 2.45) is 5.73 Å². The Hall–Kier alpha value is -1.06. The van der Waals surface area contributed by atoms with Crippen LogP contribution in [0.4, 0.5) is 5.69 Å². The van der Waals surface area contributed by atoms with E-state index in [1.165, 1.54) is 11.3 Å². The first kappa shape index (κ1) is 13.4. The number of benzene rings is 1. The number of hydrogen-bond acceptors (Lipinski definition) is 3. The van der Waals surface area contributed by atoms with Crippen LogP contribution in [0, 0.1) is 0 Å². The molecule has 0 saturated carbocycles. The maximum absolute atomic E-state index is 6.06. The Kier molecular flexibility index (Phi) is 4.25. The molecular weight excluding hydrogens is 222 g/mol. The number of piperazine rings is 1. The van der Waals surface area contributed by atoms with Gasteiger partial charge in [-0.25, -0.2) is 0 Å². The van der Waals surface area contributed by atoms with Gasteiger partial charge >= 0.3 is 0 Å². The average molecular weight is 247 g/mol. The van der Waals surface area contributed by atoms with Gasteiger partial charge in [0.15, 0.2) is 0 Å². The van der Waals surface area contributed by atoms with E-state index in [1.54, 1.807) is 0 Å². The predicted octanol–water partition coefficient (Wildman–Crippen LogP) is 2.24. The smallest absolute Gasteiger partial charge is 0.0415 e. The van der Waals surface area contributed by atoms with Crippen molar-refractivity contribution in [3.05, 3.63) is 29.8 Å². The predicted molar refractivity (Wildman–Crippen MR) is 78.0 cm³/mol. The van der Waals surface area contributed by atoms with E-state index in [1.807, 2.05) is 0 Å². The molecular formula is C15H25N3. The molecule has 100 valence electrons.